The van der Waals surface area contributed by atoms with Crippen molar-refractivity contribution in [1.82, 2.24) is 0 Å². The fraction of sp³-hybridized carbons (Fsp3) is 0.962. The molecule has 2 N–H and O–H groups in total. The monoisotopic (exact) mass is 482 g/mol. The molecule has 6 heteroatoms. The van der Waals surface area contributed by atoms with Gasteiger partial charge in [-0.3, -0.25) is 4.79 Å². The summed E-state index contributed by atoms with van der Waals surface area (Å²) < 4.78 is 6.76. The third-order valence-corrected chi connectivity index (χ3v) is 17.0. The summed E-state index contributed by atoms with van der Waals surface area (Å²) in [5.41, 5.74) is -0.341. The van der Waals surface area contributed by atoms with E-state index in [2.05, 4.69) is 40.8 Å². The molecule has 0 spiro atoms. The maximum absolute atomic E-state index is 12.4. The van der Waals surface area contributed by atoms with Gasteiger partial charge in [0.25, 0.3) is 0 Å². The molecule has 1 heterocycles. The number of fused-ring (bicyclic) bond motifs is 5. The molecular weight excluding hydrogens is 436 g/mol. The van der Waals surface area contributed by atoms with Crippen molar-refractivity contribution in [2.24, 2.45) is 34.5 Å². The summed E-state index contributed by atoms with van der Waals surface area (Å²) in [6.45, 7) is 15.6. The van der Waals surface area contributed by atoms with Crippen LogP contribution in [-0.4, -0.2) is 47.7 Å². The van der Waals surface area contributed by atoms with E-state index in [1.807, 2.05) is 0 Å². The largest absolute Gasteiger partial charge is 0.414 e. The number of carbonyl (C=O) groups excluding carboxylic acids is 1. The van der Waals surface area contributed by atoms with E-state index >= 15 is 0 Å². The first kappa shape index (κ1) is 25.2. The Morgan fingerprint density at radius 1 is 1.12 bits per heavy atom. The lowest BCUT2D eigenvalue weighted by Crippen LogP contribution is -2.65. The minimum atomic E-state index is -1.91. The number of carbonyl (C=O) groups is 1. The first-order chi connectivity index (χ1) is 14.7. The Bertz CT molecular complexity index is 751. The first-order valence-electron chi connectivity index (χ1n) is 12.9. The van der Waals surface area contributed by atoms with Crippen LogP contribution >= 0.6 is 11.8 Å². The molecule has 0 aromatic heterocycles. The van der Waals surface area contributed by atoms with Crippen LogP contribution in [0.5, 0.6) is 0 Å². The van der Waals surface area contributed by atoms with Crippen molar-refractivity contribution in [3.63, 3.8) is 0 Å². The van der Waals surface area contributed by atoms with Crippen molar-refractivity contribution in [3.8, 4) is 0 Å². The van der Waals surface area contributed by atoms with Crippen molar-refractivity contribution in [2.45, 2.75) is 109 Å². The molecular formula is C26H46O4SSi. The molecule has 0 aromatic rings. The highest BCUT2D eigenvalue weighted by Crippen LogP contribution is 2.69. The SMILES string of the molecule is CC(=O)[C@H]1CC[C@H]2[C@@H]3CS[C@@]4(O)C[C@@H](O[Si](C)(C)C(C)(C)C)CC[C@]4(CO)[C@H]3CC[C@]12C. The molecule has 4 fully saturated rings. The second-order valence-corrected chi connectivity index (χ2v) is 19.4. The van der Waals surface area contributed by atoms with Crippen LogP contribution in [0.3, 0.4) is 0 Å². The number of hydrogen-bond acceptors (Lipinski definition) is 5. The molecule has 0 bridgehead atoms. The number of rotatable bonds is 4. The van der Waals surface area contributed by atoms with Crippen LogP contribution < -0.4 is 0 Å². The maximum Gasteiger partial charge on any atom is 0.192 e. The lowest BCUT2D eigenvalue weighted by molar-refractivity contribution is -0.172. The van der Waals surface area contributed by atoms with Gasteiger partial charge in [0.05, 0.1) is 6.61 Å². The summed E-state index contributed by atoms with van der Waals surface area (Å²) in [6, 6.07) is 0. The molecule has 0 unspecified atom stereocenters. The molecule has 1 saturated heterocycles. The van der Waals surface area contributed by atoms with Gasteiger partial charge in [0.15, 0.2) is 8.32 Å². The number of aliphatic hydroxyl groups excluding tert-OH is 1. The Morgan fingerprint density at radius 3 is 2.41 bits per heavy atom. The smallest absolute Gasteiger partial charge is 0.192 e. The number of Topliss-reactive ketones (excluding diaryl/α,β-unsaturated/α-hetero) is 1. The molecule has 184 valence electrons. The molecule has 32 heavy (non-hydrogen) atoms. The highest BCUT2D eigenvalue weighted by atomic mass is 32.2. The van der Waals surface area contributed by atoms with E-state index in [-0.39, 0.29) is 29.1 Å². The summed E-state index contributed by atoms with van der Waals surface area (Å²) in [6.07, 6.45) is 6.69. The van der Waals surface area contributed by atoms with Crippen LogP contribution in [0.15, 0.2) is 0 Å². The van der Waals surface area contributed by atoms with Crippen LogP contribution in [0.1, 0.15) is 79.6 Å². The average Bonchev–Trinajstić information content (AvgIpc) is 3.03. The van der Waals surface area contributed by atoms with Crippen molar-refractivity contribution in [3.05, 3.63) is 0 Å². The van der Waals surface area contributed by atoms with Gasteiger partial charge in [0, 0.05) is 23.9 Å². The third-order valence-electron chi connectivity index (χ3n) is 10.9. The Kier molecular flexibility index (Phi) is 6.36. The Hall–Kier alpha value is 0.117. The van der Waals surface area contributed by atoms with Gasteiger partial charge in [-0.05, 0) is 92.5 Å². The van der Waals surface area contributed by atoms with Gasteiger partial charge < -0.3 is 14.6 Å². The molecule has 8 atom stereocenters. The van der Waals surface area contributed by atoms with Gasteiger partial charge in [0.1, 0.15) is 10.7 Å². The maximum atomic E-state index is 12.4. The van der Waals surface area contributed by atoms with Crippen molar-refractivity contribution >= 4 is 25.9 Å². The molecule has 4 nitrogen and oxygen atoms in total. The predicted molar refractivity (Wildman–Crippen MR) is 134 cm³/mol. The fourth-order valence-electron chi connectivity index (χ4n) is 8.03. The van der Waals surface area contributed by atoms with E-state index < -0.39 is 18.7 Å². The van der Waals surface area contributed by atoms with Gasteiger partial charge in [-0.2, -0.15) is 0 Å². The summed E-state index contributed by atoms with van der Waals surface area (Å²) in [5, 5.41) is 23.0. The van der Waals surface area contributed by atoms with Crippen molar-refractivity contribution in [2.75, 3.05) is 12.4 Å². The van der Waals surface area contributed by atoms with Crippen LogP contribution in [0.25, 0.3) is 0 Å². The topological polar surface area (TPSA) is 66.8 Å². The average molecular weight is 483 g/mol. The lowest BCUT2D eigenvalue weighted by atomic mass is 9.49. The van der Waals surface area contributed by atoms with Crippen LogP contribution in [0.4, 0.5) is 0 Å². The lowest BCUT2D eigenvalue weighted by Gasteiger charge is -2.64. The van der Waals surface area contributed by atoms with Gasteiger partial charge >= 0.3 is 0 Å². The highest BCUT2D eigenvalue weighted by Gasteiger charge is 2.67. The second kappa shape index (κ2) is 8.08. The molecule has 0 radical (unpaired) electrons. The van der Waals surface area contributed by atoms with Crippen LogP contribution in [-0.2, 0) is 9.22 Å². The molecule has 3 saturated carbocycles. The Labute approximate surface area is 200 Å². The van der Waals surface area contributed by atoms with E-state index in [1.165, 1.54) is 0 Å². The molecule has 0 aromatic carbocycles. The normalized spacial score (nSPS) is 46.8. The zero-order chi connectivity index (χ0) is 23.7. The summed E-state index contributed by atoms with van der Waals surface area (Å²) >= 11 is 1.70. The number of ketones is 1. The van der Waals surface area contributed by atoms with Crippen molar-refractivity contribution in [1.29, 1.82) is 0 Å². The minimum absolute atomic E-state index is 0.0596. The molecule has 4 rings (SSSR count). The zero-order valence-corrected chi connectivity index (χ0v) is 23.2. The standard InChI is InChI=1S/C26H46O4SSi/c1-17(28)20-8-9-21-19-15-31-26(29)14-18(30-32(6,7)23(2,3)4)10-13-25(26,16-27)22(19)11-12-24(20,21)5/h18-22,27,29H,8-16H2,1-7H3/t18-,19-,20+,21-,22-,24+,25-,26-/m0/s1. The Balaban J connectivity index is 1.58. The fourth-order valence-corrected chi connectivity index (χ4v) is 11.3. The van der Waals surface area contributed by atoms with Gasteiger partial charge in [-0.15, -0.1) is 11.8 Å². The van der Waals surface area contributed by atoms with Crippen LogP contribution in [0, 0.1) is 34.5 Å². The Morgan fingerprint density at radius 2 is 1.81 bits per heavy atom. The molecule has 3 aliphatic carbocycles. The minimum Gasteiger partial charge on any atom is -0.414 e. The van der Waals surface area contributed by atoms with E-state index in [0.29, 0.717) is 30.0 Å². The number of aliphatic hydroxyl groups is 2. The highest BCUT2D eigenvalue weighted by molar-refractivity contribution is 8.00. The van der Waals surface area contributed by atoms with E-state index in [4.69, 9.17) is 4.43 Å². The van der Waals surface area contributed by atoms with Gasteiger partial charge in [-0.1, -0.05) is 27.7 Å². The zero-order valence-electron chi connectivity index (χ0n) is 21.4. The summed E-state index contributed by atoms with van der Waals surface area (Å²) in [4.78, 5) is 11.5. The van der Waals surface area contributed by atoms with E-state index in [9.17, 15) is 15.0 Å². The number of thioether (sulfide) groups is 1. The molecule has 4 aliphatic rings. The van der Waals surface area contributed by atoms with E-state index in [0.717, 1.165) is 44.3 Å². The van der Waals surface area contributed by atoms with Gasteiger partial charge in [0.2, 0.25) is 0 Å². The third kappa shape index (κ3) is 3.61. The predicted octanol–water partition coefficient (Wildman–Crippen LogP) is 5.62. The second-order valence-electron chi connectivity index (χ2n) is 13.3. The number of hydrogen-bond donors (Lipinski definition) is 2. The summed E-state index contributed by atoms with van der Waals surface area (Å²) in [5.74, 6) is 2.87. The van der Waals surface area contributed by atoms with Crippen molar-refractivity contribution < 1.29 is 19.4 Å². The molecule has 0 amide bonds. The quantitative estimate of drug-likeness (QED) is 0.509. The van der Waals surface area contributed by atoms with Gasteiger partial charge in [-0.25, -0.2) is 0 Å². The summed E-state index contributed by atoms with van der Waals surface area (Å²) in [7, 11) is -1.91. The molecule has 1 aliphatic heterocycles. The van der Waals surface area contributed by atoms with Crippen LogP contribution in [0.2, 0.25) is 18.1 Å². The van der Waals surface area contributed by atoms with E-state index in [1.54, 1.807) is 18.7 Å². The first-order valence-corrected chi connectivity index (χ1v) is 16.8.